The van der Waals surface area contributed by atoms with Crippen molar-refractivity contribution in [2.24, 2.45) is 0 Å². The zero-order chi connectivity index (χ0) is 13.7. The van der Waals surface area contributed by atoms with Crippen LogP contribution in [0.2, 0.25) is 0 Å². The number of ether oxygens (including phenoxy) is 2. The molecule has 0 amide bonds. The minimum atomic E-state index is 1.62. The number of methoxy groups -OCH3 is 2. The highest BCUT2D eigenvalue weighted by molar-refractivity contribution is 4.99. The number of hydrogen-bond donors (Lipinski definition) is 0. The topological polar surface area (TPSA) is 18.5 Å². The van der Waals surface area contributed by atoms with E-state index in [0.717, 1.165) is 0 Å². The van der Waals surface area contributed by atoms with Crippen LogP contribution in [0.3, 0.4) is 0 Å². The average molecular weight is 230 g/mol. The van der Waals surface area contributed by atoms with Crippen molar-refractivity contribution in [2.75, 3.05) is 28.4 Å². The maximum atomic E-state index is 4.25. The normalized spacial score (nSPS) is 6.00. The Bertz CT molecular complexity index is 101. The molecule has 2 nitrogen and oxygen atoms in total. The van der Waals surface area contributed by atoms with Crippen LogP contribution in [-0.2, 0) is 9.47 Å². The number of benzene rings is 1. The van der Waals surface area contributed by atoms with Gasteiger partial charge in [0.25, 0.3) is 0 Å². The molecule has 0 unspecified atom stereocenters. The number of hydrogen-bond acceptors (Lipinski definition) is 2. The fraction of sp³-hybridized carbons (Fsp3) is 0.571. The highest BCUT2D eigenvalue weighted by Gasteiger charge is 1.57. The Kier molecular flexibility index (Phi) is 73.0. The smallest absolute Gasteiger partial charge is 0.0351 e. The highest BCUT2D eigenvalue weighted by Crippen LogP contribution is 1.79. The van der Waals surface area contributed by atoms with Crippen LogP contribution in [-0.4, -0.2) is 28.4 Å². The first-order valence-corrected chi connectivity index (χ1v) is 5.63. The lowest BCUT2D eigenvalue weighted by Gasteiger charge is -1.69. The number of rotatable bonds is 0. The van der Waals surface area contributed by atoms with Gasteiger partial charge in [-0.3, -0.25) is 0 Å². The summed E-state index contributed by atoms with van der Waals surface area (Å²) in [7, 11) is 6.50. The summed E-state index contributed by atoms with van der Waals surface area (Å²) in [4.78, 5) is 0. The average Bonchev–Trinajstić information content (AvgIpc) is 2.38. The molecule has 0 N–H and O–H groups in total. The van der Waals surface area contributed by atoms with Crippen LogP contribution in [0.4, 0.5) is 0 Å². The summed E-state index contributed by atoms with van der Waals surface area (Å²) in [6, 6.07) is 12.0. The van der Waals surface area contributed by atoms with Crippen molar-refractivity contribution in [3.63, 3.8) is 0 Å². The lowest BCUT2D eigenvalue weighted by Crippen LogP contribution is -1.55. The Labute approximate surface area is 103 Å². The minimum absolute atomic E-state index is 1.62. The van der Waals surface area contributed by atoms with Gasteiger partial charge in [-0.05, 0) is 0 Å². The predicted molar refractivity (Wildman–Crippen MR) is 75.0 cm³/mol. The molecule has 0 aliphatic carbocycles. The first-order chi connectivity index (χ1) is 7.83. The molecule has 0 aliphatic rings. The van der Waals surface area contributed by atoms with Crippen LogP contribution >= 0.6 is 0 Å². The molecule has 0 radical (unpaired) electrons. The van der Waals surface area contributed by atoms with Crippen LogP contribution in [0.1, 0.15) is 27.7 Å². The zero-order valence-electron chi connectivity index (χ0n) is 12.3. The molecule has 0 aromatic heterocycles. The van der Waals surface area contributed by atoms with E-state index in [1.165, 1.54) is 0 Å². The van der Waals surface area contributed by atoms with E-state index in [1.54, 1.807) is 28.4 Å². The lowest BCUT2D eigenvalue weighted by molar-refractivity contribution is 0.277. The monoisotopic (exact) mass is 230 g/mol. The van der Waals surface area contributed by atoms with Crippen LogP contribution in [0.5, 0.6) is 0 Å². The van der Waals surface area contributed by atoms with Crippen molar-refractivity contribution in [3.05, 3.63) is 36.4 Å². The molecule has 0 bridgehead atoms. The lowest BCUT2D eigenvalue weighted by atomic mass is 10.4. The van der Waals surface area contributed by atoms with Gasteiger partial charge in [-0.25, -0.2) is 0 Å². The summed E-state index contributed by atoms with van der Waals surface area (Å²) in [6.45, 7) is 8.00. The Morgan fingerprint density at radius 2 is 0.500 bits per heavy atom. The van der Waals surface area contributed by atoms with Gasteiger partial charge in [-0.15, -0.1) is 0 Å². The Morgan fingerprint density at radius 3 is 0.562 bits per heavy atom. The molecular weight excluding hydrogens is 200 g/mol. The molecule has 0 atom stereocenters. The Balaban J connectivity index is -0.0000000630. The Morgan fingerprint density at radius 1 is 0.438 bits per heavy atom. The molecule has 2 heteroatoms. The van der Waals surface area contributed by atoms with Crippen molar-refractivity contribution in [1.29, 1.82) is 0 Å². The molecule has 98 valence electrons. The van der Waals surface area contributed by atoms with Crippen molar-refractivity contribution in [1.82, 2.24) is 0 Å². The largest absolute Gasteiger partial charge is 0.388 e. The summed E-state index contributed by atoms with van der Waals surface area (Å²) < 4.78 is 8.50. The van der Waals surface area contributed by atoms with Gasteiger partial charge in [0.1, 0.15) is 0 Å². The van der Waals surface area contributed by atoms with Gasteiger partial charge in [0, 0.05) is 28.4 Å². The van der Waals surface area contributed by atoms with E-state index in [0.29, 0.717) is 0 Å². The zero-order valence-corrected chi connectivity index (χ0v) is 12.3. The minimum Gasteiger partial charge on any atom is -0.388 e. The first kappa shape index (κ1) is 24.4. The Hall–Kier alpha value is -0.860. The molecule has 0 saturated carbocycles. The fourth-order valence-electron chi connectivity index (χ4n) is 0.385. The molecule has 0 fully saturated rings. The first-order valence-electron chi connectivity index (χ1n) is 5.63. The third kappa shape index (κ3) is 73.3. The van der Waals surface area contributed by atoms with E-state index in [-0.39, 0.29) is 0 Å². The maximum Gasteiger partial charge on any atom is 0.0351 e. The predicted octanol–water partition coefficient (Wildman–Crippen LogP) is 4.26. The van der Waals surface area contributed by atoms with Gasteiger partial charge in [0.2, 0.25) is 0 Å². The van der Waals surface area contributed by atoms with Gasteiger partial charge in [-0.1, -0.05) is 64.1 Å². The van der Waals surface area contributed by atoms with Gasteiger partial charge in [0.15, 0.2) is 0 Å². The van der Waals surface area contributed by atoms with E-state index >= 15 is 0 Å². The maximum absolute atomic E-state index is 4.25. The van der Waals surface area contributed by atoms with Gasteiger partial charge in [-0.2, -0.15) is 0 Å². The van der Waals surface area contributed by atoms with Gasteiger partial charge in [0.05, 0.1) is 0 Å². The van der Waals surface area contributed by atoms with Crippen LogP contribution in [0, 0.1) is 0 Å². The van der Waals surface area contributed by atoms with Crippen molar-refractivity contribution >= 4 is 0 Å². The molecule has 0 saturated heterocycles. The van der Waals surface area contributed by atoms with E-state index in [1.807, 2.05) is 64.1 Å². The van der Waals surface area contributed by atoms with Crippen molar-refractivity contribution in [2.45, 2.75) is 27.7 Å². The molecule has 1 rings (SSSR count). The molecule has 1 aromatic rings. The van der Waals surface area contributed by atoms with Crippen LogP contribution in [0.15, 0.2) is 36.4 Å². The summed E-state index contributed by atoms with van der Waals surface area (Å²) in [5.74, 6) is 0. The summed E-state index contributed by atoms with van der Waals surface area (Å²) in [6.07, 6.45) is 0. The second-order valence-electron chi connectivity index (χ2n) is 1.97. The highest BCUT2D eigenvalue weighted by atomic mass is 16.5. The molecular formula is C14H30O2. The quantitative estimate of drug-likeness (QED) is 0.663. The van der Waals surface area contributed by atoms with E-state index in [2.05, 4.69) is 9.47 Å². The molecule has 0 aliphatic heterocycles. The van der Waals surface area contributed by atoms with Gasteiger partial charge >= 0.3 is 0 Å². The van der Waals surface area contributed by atoms with E-state index in [4.69, 9.17) is 0 Å². The summed E-state index contributed by atoms with van der Waals surface area (Å²) in [5.41, 5.74) is 0. The van der Waals surface area contributed by atoms with Crippen LogP contribution in [0.25, 0.3) is 0 Å². The third-order valence-corrected chi connectivity index (χ3v) is 0.667. The van der Waals surface area contributed by atoms with Crippen molar-refractivity contribution < 1.29 is 9.47 Å². The fourth-order valence-corrected chi connectivity index (χ4v) is 0.385. The summed E-state index contributed by atoms with van der Waals surface area (Å²) >= 11 is 0. The van der Waals surface area contributed by atoms with Gasteiger partial charge < -0.3 is 9.47 Å². The molecule has 16 heavy (non-hydrogen) atoms. The molecule has 0 heterocycles. The SMILES string of the molecule is CC.CC.COC.COC.c1ccccc1. The second-order valence-corrected chi connectivity index (χ2v) is 1.97. The third-order valence-electron chi connectivity index (χ3n) is 0.667. The van der Waals surface area contributed by atoms with Crippen molar-refractivity contribution in [3.8, 4) is 0 Å². The van der Waals surface area contributed by atoms with Crippen LogP contribution < -0.4 is 0 Å². The summed E-state index contributed by atoms with van der Waals surface area (Å²) in [5, 5.41) is 0. The molecule has 0 spiro atoms. The standard InChI is InChI=1S/C6H6.2C2H6O.2C2H6/c1-2-4-6-5-3-1;2*1-3-2;2*1-2/h1-6H;2*1-2H3;2*1-2H3. The second kappa shape index (κ2) is 47.9. The van der Waals surface area contributed by atoms with E-state index < -0.39 is 0 Å². The molecule has 1 aromatic carbocycles. The van der Waals surface area contributed by atoms with E-state index in [9.17, 15) is 0 Å².